The monoisotopic (exact) mass is 246 g/mol. The van der Waals surface area contributed by atoms with Gasteiger partial charge in [0.15, 0.2) is 11.6 Å². The van der Waals surface area contributed by atoms with Crippen molar-refractivity contribution >= 4 is 17.5 Å². The van der Waals surface area contributed by atoms with E-state index in [-0.39, 0.29) is 11.6 Å². The van der Waals surface area contributed by atoms with Gasteiger partial charge in [-0.15, -0.1) is 0 Å². The van der Waals surface area contributed by atoms with Crippen molar-refractivity contribution in [1.82, 2.24) is 20.4 Å². The van der Waals surface area contributed by atoms with Crippen LogP contribution in [0.2, 0.25) is 0 Å². The maximum absolute atomic E-state index is 11.8. The normalized spacial score (nSPS) is 10.1. The lowest BCUT2D eigenvalue weighted by atomic mass is 10.4. The first-order valence-electron chi connectivity index (χ1n) is 5.36. The van der Waals surface area contributed by atoms with E-state index in [0.29, 0.717) is 11.6 Å². The number of nitrogens with one attached hydrogen (secondary N) is 4. The molecule has 0 spiro atoms. The molecule has 0 aromatic carbocycles. The zero-order valence-corrected chi connectivity index (χ0v) is 10.2. The maximum Gasteiger partial charge on any atom is 0.272 e. The number of hydrogen-bond donors (Lipinski definition) is 4. The molecular weight excluding hydrogens is 232 g/mol. The average Bonchev–Trinajstić information content (AvgIpc) is 2.88. The maximum atomic E-state index is 11.8. The van der Waals surface area contributed by atoms with E-state index in [1.165, 1.54) is 0 Å². The van der Waals surface area contributed by atoms with E-state index in [1.807, 2.05) is 13.8 Å². The quantitative estimate of drug-likeness (QED) is 0.611. The van der Waals surface area contributed by atoms with E-state index in [4.69, 9.17) is 0 Å². The van der Waals surface area contributed by atoms with Crippen LogP contribution in [0.5, 0.6) is 0 Å². The van der Waals surface area contributed by atoms with Crippen LogP contribution in [0.15, 0.2) is 24.4 Å². The number of carbonyl (C=O) groups excluding carboxylic acids is 1. The van der Waals surface area contributed by atoms with Gasteiger partial charge in [0, 0.05) is 23.5 Å². The number of amides is 1. The predicted octanol–water partition coefficient (Wildman–Crippen LogP) is 1.31. The minimum atomic E-state index is -0.359. The summed E-state index contributed by atoms with van der Waals surface area (Å²) in [6, 6.07) is 3.50. The largest absolute Gasteiger partial charge is 0.335 e. The first-order valence-corrected chi connectivity index (χ1v) is 5.36. The third-order valence-electron chi connectivity index (χ3n) is 2.21. The fourth-order valence-corrected chi connectivity index (χ4v) is 1.37. The third-order valence-corrected chi connectivity index (χ3v) is 2.21. The van der Waals surface area contributed by atoms with Gasteiger partial charge in [-0.2, -0.15) is 10.2 Å². The molecule has 2 aromatic heterocycles. The van der Waals surface area contributed by atoms with Crippen molar-refractivity contribution in [2.24, 2.45) is 0 Å². The molecule has 0 aliphatic heterocycles. The van der Waals surface area contributed by atoms with Crippen LogP contribution in [0.3, 0.4) is 0 Å². The Morgan fingerprint density at radius 1 is 1.11 bits per heavy atom. The van der Waals surface area contributed by atoms with E-state index < -0.39 is 0 Å². The van der Waals surface area contributed by atoms with Crippen molar-refractivity contribution in [3.05, 3.63) is 35.8 Å². The zero-order chi connectivity index (χ0) is 13.1. The highest BCUT2D eigenvalue weighted by molar-refractivity contribution is 6.04. The minimum absolute atomic E-state index is 0.196. The molecule has 0 aliphatic rings. The highest BCUT2D eigenvalue weighted by Crippen LogP contribution is 2.09. The Labute approximate surface area is 104 Å². The van der Waals surface area contributed by atoms with E-state index >= 15 is 0 Å². The summed E-state index contributed by atoms with van der Waals surface area (Å²) in [5.74, 6) is 0.645. The molecule has 2 heterocycles. The van der Waals surface area contributed by atoms with Gasteiger partial charge < -0.3 is 10.6 Å². The van der Waals surface area contributed by atoms with Gasteiger partial charge in [0.2, 0.25) is 0 Å². The number of aromatic amines is 2. The van der Waals surface area contributed by atoms with Crippen LogP contribution < -0.4 is 10.6 Å². The number of rotatable bonds is 4. The van der Waals surface area contributed by atoms with Crippen molar-refractivity contribution < 1.29 is 4.79 Å². The van der Waals surface area contributed by atoms with E-state index in [2.05, 4.69) is 37.6 Å². The van der Waals surface area contributed by atoms with Crippen molar-refractivity contribution in [1.29, 1.82) is 0 Å². The van der Waals surface area contributed by atoms with Crippen LogP contribution in [0.4, 0.5) is 11.6 Å². The Bertz CT molecular complexity index is 530. The minimum Gasteiger partial charge on any atom is -0.335 e. The number of hydrogen-bond acceptors (Lipinski definition) is 4. The van der Waals surface area contributed by atoms with Crippen molar-refractivity contribution in [3.8, 4) is 0 Å². The molecular formula is C11H14N6O. The van der Waals surface area contributed by atoms with Gasteiger partial charge in [0.05, 0.1) is 5.70 Å². The number of nitrogens with zero attached hydrogens (tertiary/aromatic N) is 2. The summed E-state index contributed by atoms with van der Waals surface area (Å²) >= 11 is 0. The number of carbonyl (C=O) groups is 1. The van der Waals surface area contributed by atoms with Crippen LogP contribution in [-0.4, -0.2) is 26.3 Å². The lowest BCUT2D eigenvalue weighted by molar-refractivity contribution is -0.112. The van der Waals surface area contributed by atoms with Gasteiger partial charge in [0.25, 0.3) is 5.91 Å². The summed E-state index contributed by atoms with van der Waals surface area (Å²) in [6.45, 7) is 7.37. The molecule has 0 radical (unpaired) electrons. The van der Waals surface area contributed by atoms with Crippen molar-refractivity contribution in [3.63, 3.8) is 0 Å². The molecule has 0 saturated carbocycles. The summed E-state index contributed by atoms with van der Waals surface area (Å²) in [4.78, 5) is 11.8. The smallest absolute Gasteiger partial charge is 0.272 e. The topological polar surface area (TPSA) is 98.5 Å². The molecule has 7 nitrogen and oxygen atoms in total. The third kappa shape index (κ3) is 2.76. The predicted molar refractivity (Wildman–Crippen MR) is 68.0 cm³/mol. The molecule has 0 atom stereocenters. The Balaban J connectivity index is 1.95. The van der Waals surface area contributed by atoms with Crippen LogP contribution in [0.1, 0.15) is 11.4 Å². The van der Waals surface area contributed by atoms with Gasteiger partial charge in [0.1, 0.15) is 0 Å². The molecule has 0 saturated heterocycles. The van der Waals surface area contributed by atoms with Crippen LogP contribution in [0.25, 0.3) is 0 Å². The van der Waals surface area contributed by atoms with Gasteiger partial charge >= 0.3 is 0 Å². The molecule has 1 amide bonds. The highest BCUT2D eigenvalue weighted by Gasteiger charge is 2.10. The lowest BCUT2D eigenvalue weighted by Crippen LogP contribution is -2.19. The first kappa shape index (κ1) is 11.9. The summed E-state index contributed by atoms with van der Waals surface area (Å²) < 4.78 is 0. The Hall–Kier alpha value is -2.57. The molecule has 18 heavy (non-hydrogen) atoms. The second-order valence-electron chi connectivity index (χ2n) is 3.93. The summed E-state index contributed by atoms with van der Waals surface area (Å²) in [5.41, 5.74) is 1.96. The lowest BCUT2D eigenvalue weighted by Gasteiger charge is -2.05. The van der Waals surface area contributed by atoms with Crippen molar-refractivity contribution in [2.75, 3.05) is 10.6 Å². The number of aryl methyl sites for hydroxylation is 2. The average molecular weight is 246 g/mol. The molecule has 0 aliphatic carbocycles. The summed E-state index contributed by atoms with van der Waals surface area (Å²) in [6.07, 6.45) is 0. The second kappa shape index (κ2) is 4.74. The zero-order valence-electron chi connectivity index (χ0n) is 10.2. The second-order valence-corrected chi connectivity index (χ2v) is 3.93. The fourth-order valence-electron chi connectivity index (χ4n) is 1.37. The van der Waals surface area contributed by atoms with Crippen molar-refractivity contribution in [2.45, 2.75) is 13.8 Å². The van der Waals surface area contributed by atoms with E-state index in [0.717, 1.165) is 11.4 Å². The standard InChI is InChI=1S/C11H14N6O/c1-6-4-9(16-14-6)12-8(3)11(18)13-10-5-7(2)15-17-10/h4-5H,3H2,1-2H3,(H2,12,14,16)(H2,13,15,17,18). The van der Waals surface area contributed by atoms with Gasteiger partial charge in [-0.3, -0.25) is 15.0 Å². The molecule has 4 N–H and O–H groups in total. The summed E-state index contributed by atoms with van der Waals surface area (Å²) in [7, 11) is 0. The Kier molecular flexibility index (Phi) is 3.13. The van der Waals surface area contributed by atoms with E-state index in [1.54, 1.807) is 12.1 Å². The van der Waals surface area contributed by atoms with Gasteiger partial charge in [-0.05, 0) is 13.8 Å². The molecule has 7 heteroatoms. The van der Waals surface area contributed by atoms with E-state index in [9.17, 15) is 4.79 Å². The van der Waals surface area contributed by atoms with Crippen LogP contribution >= 0.6 is 0 Å². The number of H-pyrrole nitrogens is 2. The SMILES string of the molecule is C=C(Nc1cc(C)[nH]n1)C(=O)Nc1cc(C)[nH]n1. The van der Waals surface area contributed by atoms with Gasteiger partial charge in [-0.1, -0.05) is 6.58 Å². The van der Waals surface area contributed by atoms with Crippen LogP contribution in [0, 0.1) is 13.8 Å². The first-order chi connectivity index (χ1) is 8.54. The molecule has 0 unspecified atom stereocenters. The number of anilines is 2. The molecule has 2 rings (SSSR count). The molecule has 2 aromatic rings. The molecule has 0 bridgehead atoms. The Morgan fingerprint density at radius 2 is 1.61 bits per heavy atom. The Morgan fingerprint density at radius 3 is 2.06 bits per heavy atom. The number of aromatic nitrogens is 4. The fraction of sp³-hybridized carbons (Fsp3) is 0.182. The van der Waals surface area contributed by atoms with Gasteiger partial charge in [-0.25, -0.2) is 0 Å². The molecule has 94 valence electrons. The summed E-state index contributed by atoms with van der Waals surface area (Å²) in [5, 5.41) is 18.8. The highest BCUT2D eigenvalue weighted by atomic mass is 16.2. The molecule has 0 fully saturated rings. The van der Waals surface area contributed by atoms with Crippen LogP contribution in [-0.2, 0) is 4.79 Å².